The van der Waals surface area contributed by atoms with Crippen LogP contribution >= 0.6 is 0 Å². The van der Waals surface area contributed by atoms with Crippen molar-refractivity contribution in [2.24, 2.45) is 0 Å². The van der Waals surface area contributed by atoms with Gasteiger partial charge in [0.2, 0.25) is 12.7 Å². The minimum absolute atomic E-state index is 0.0339. The van der Waals surface area contributed by atoms with Gasteiger partial charge in [-0.15, -0.1) is 0 Å². The van der Waals surface area contributed by atoms with Crippen LogP contribution in [0.1, 0.15) is 37.8 Å². The molecule has 0 radical (unpaired) electrons. The predicted molar refractivity (Wildman–Crippen MR) is 168 cm³/mol. The summed E-state index contributed by atoms with van der Waals surface area (Å²) in [6.45, 7) is -0.493. The molecule has 2 amide bonds. The van der Waals surface area contributed by atoms with Crippen LogP contribution in [0.15, 0.2) is 81.5 Å². The molecular formula is C35H30N2O11. The van der Waals surface area contributed by atoms with E-state index < -0.39 is 41.6 Å². The Kier molecular flexibility index (Phi) is 8.07. The van der Waals surface area contributed by atoms with Crippen molar-refractivity contribution in [3.05, 3.63) is 105 Å². The van der Waals surface area contributed by atoms with Crippen LogP contribution in [0.5, 0.6) is 23.0 Å². The minimum Gasteiger partial charge on any atom is -0.493 e. The van der Waals surface area contributed by atoms with Crippen LogP contribution in [-0.2, 0) is 11.3 Å². The first-order chi connectivity index (χ1) is 23.3. The van der Waals surface area contributed by atoms with Gasteiger partial charge >= 0.3 is 5.63 Å². The van der Waals surface area contributed by atoms with Crippen molar-refractivity contribution in [3.63, 3.8) is 0 Å². The number of nitrogens with zero attached hydrogens (tertiary/aromatic N) is 1. The number of hydrogen-bond donors (Lipinski definition) is 3. The Hall–Kier alpha value is -5.66. The Morgan fingerprint density at radius 2 is 1.90 bits per heavy atom. The van der Waals surface area contributed by atoms with Gasteiger partial charge in [-0.1, -0.05) is 24.3 Å². The van der Waals surface area contributed by atoms with E-state index in [2.05, 4.69) is 5.32 Å². The third kappa shape index (κ3) is 5.32. The van der Waals surface area contributed by atoms with E-state index in [4.69, 9.17) is 23.4 Å². The summed E-state index contributed by atoms with van der Waals surface area (Å²) in [6.07, 6.45) is -0.453. The molecule has 2 aliphatic heterocycles. The molecule has 13 nitrogen and oxygen atoms in total. The SMILES string of the molecule is COc1cc(C=O)cc2c1OC1C2C(C(=O)NCCO)=CC(N(Cc2ccc3c(c2)OCO3)C(=O)c2cc3ccccc3oc2=O)C1O. The molecule has 246 valence electrons. The molecule has 0 saturated heterocycles. The fraction of sp³-hybridized carbons (Fsp3) is 0.257. The maximum absolute atomic E-state index is 14.5. The fourth-order valence-electron chi connectivity index (χ4n) is 6.47. The molecule has 3 N–H and O–H groups in total. The fourth-order valence-corrected chi connectivity index (χ4v) is 6.47. The number of aliphatic hydroxyl groups is 2. The highest BCUT2D eigenvalue weighted by atomic mass is 16.7. The molecule has 4 unspecified atom stereocenters. The summed E-state index contributed by atoms with van der Waals surface area (Å²) in [5, 5.41) is 24.6. The van der Waals surface area contributed by atoms with Crippen LogP contribution in [-0.4, -0.2) is 78.5 Å². The lowest BCUT2D eigenvalue weighted by molar-refractivity contribution is -0.118. The molecule has 0 spiro atoms. The second-order valence-electron chi connectivity index (χ2n) is 11.5. The van der Waals surface area contributed by atoms with Crippen LogP contribution in [0.2, 0.25) is 0 Å². The van der Waals surface area contributed by atoms with Gasteiger partial charge in [-0.25, -0.2) is 4.79 Å². The second kappa shape index (κ2) is 12.5. The molecule has 13 heteroatoms. The number of rotatable bonds is 9. The van der Waals surface area contributed by atoms with Gasteiger partial charge < -0.3 is 43.8 Å². The summed E-state index contributed by atoms with van der Waals surface area (Å²) in [7, 11) is 1.40. The van der Waals surface area contributed by atoms with E-state index in [1.54, 1.807) is 48.5 Å². The number of ether oxygens (including phenoxy) is 4. The van der Waals surface area contributed by atoms with Crippen molar-refractivity contribution in [2.75, 3.05) is 27.1 Å². The summed E-state index contributed by atoms with van der Waals surface area (Å²) in [6, 6.07) is 15.1. The number of hydrogen-bond acceptors (Lipinski definition) is 11. The van der Waals surface area contributed by atoms with Crippen molar-refractivity contribution in [1.29, 1.82) is 0 Å². The first-order valence-electron chi connectivity index (χ1n) is 15.2. The number of carbonyl (C=O) groups excluding carboxylic acids is 3. The molecular weight excluding hydrogens is 624 g/mol. The van der Waals surface area contributed by atoms with Crippen LogP contribution in [0.3, 0.4) is 0 Å². The summed E-state index contributed by atoms with van der Waals surface area (Å²) in [4.78, 5) is 54.5. The average Bonchev–Trinajstić information content (AvgIpc) is 3.74. The first-order valence-corrected chi connectivity index (χ1v) is 15.2. The van der Waals surface area contributed by atoms with Crippen molar-refractivity contribution in [2.45, 2.75) is 30.7 Å². The molecule has 1 aromatic heterocycles. The highest BCUT2D eigenvalue weighted by Gasteiger charge is 2.51. The molecule has 0 saturated carbocycles. The number of para-hydroxylation sites is 1. The number of methoxy groups -OCH3 is 1. The smallest absolute Gasteiger partial charge is 0.349 e. The monoisotopic (exact) mass is 654 g/mol. The number of fused-ring (bicyclic) bond motifs is 5. The largest absolute Gasteiger partial charge is 0.493 e. The van der Waals surface area contributed by atoms with Gasteiger partial charge in [0.1, 0.15) is 29.6 Å². The Morgan fingerprint density at radius 1 is 1.08 bits per heavy atom. The molecule has 3 aliphatic rings. The molecule has 4 atom stereocenters. The van der Waals surface area contributed by atoms with E-state index in [-0.39, 0.29) is 54.7 Å². The average molecular weight is 655 g/mol. The van der Waals surface area contributed by atoms with Crippen molar-refractivity contribution >= 4 is 29.1 Å². The number of nitrogens with one attached hydrogen (secondary N) is 1. The molecule has 0 fully saturated rings. The Bertz CT molecular complexity index is 2040. The maximum Gasteiger partial charge on any atom is 0.349 e. The first kappa shape index (κ1) is 31.0. The third-order valence-electron chi connectivity index (χ3n) is 8.69. The molecule has 48 heavy (non-hydrogen) atoms. The Balaban J connectivity index is 1.37. The summed E-state index contributed by atoms with van der Waals surface area (Å²) < 4.78 is 28.2. The topological polar surface area (TPSA) is 174 Å². The van der Waals surface area contributed by atoms with Gasteiger partial charge in [0.05, 0.1) is 25.7 Å². The predicted octanol–water partition coefficient (Wildman–Crippen LogP) is 2.31. The normalized spacial score (nSPS) is 20.3. The molecule has 0 bridgehead atoms. The van der Waals surface area contributed by atoms with Gasteiger partial charge in [-0.05, 0) is 48.0 Å². The van der Waals surface area contributed by atoms with Crippen molar-refractivity contribution in [1.82, 2.24) is 10.2 Å². The Morgan fingerprint density at radius 3 is 2.69 bits per heavy atom. The molecule has 7 rings (SSSR count). The van der Waals surface area contributed by atoms with Crippen molar-refractivity contribution in [3.8, 4) is 23.0 Å². The lowest BCUT2D eigenvalue weighted by Gasteiger charge is -2.40. The molecule has 3 aromatic carbocycles. The standard InChI is InChI=1S/C35H30N2O11/c1-44-28-12-19(16-39)10-21-29-22(33(41)36-8-9-38)14-24(30(40)32(29)48-31(21)28)37(15-18-6-7-26-27(11-18)46-17-45-26)34(42)23-13-20-4-2-3-5-25(20)47-35(23)43/h2-7,10-14,16,24,29-30,32,38,40H,8-9,15,17H2,1H3,(H,36,41). The van der Waals surface area contributed by atoms with Gasteiger partial charge in [-0.3, -0.25) is 14.4 Å². The number of aldehydes is 1. The highest BCUT2D eigenvalue weighted by Crippen LogP contribution is 2.51. The highest BCUT2D eigenvalue weighted by molar-refractivity contribution is 5.99. The van der Waals surface area contributed by atoms with E-state index >= 15 is 0 Å². The Labute approximate surface area is 272 Å². The molecule has 4 aromatic rings. The molecule has 1 aliphatic carbocycles. The quantitative estimate of drug-likeness (QED) is 0.179. The summed E-state index contributed by atoms with van der Waals surface area (Å²) >= 11 is 0. The zero-order chi connectivity index (χ0) is 33.5. The van der Waals surface area contributed by atoms with Gasteiger partial charge in [0.15, 0.2) is 23.0 Å². The number of benzene rings is 3. The summed E-state index contributed by atoms with van der Waals surface area (Å²) in [5.74, 6) is -0.766. The summed E-state index contributed by atoms with van der Waals surface area (Å²) in [5.41, 5.74) is 0.554. The third-order valence-corrected chi connectivity index (χ3v) is 8.69. The van der Waals surface area contributed by atoms with E-state index in [1.165, 1.54) is 30.2 Å². The number of aliphatic hydroxyl groups excluding tert-OH is 2. The van der Waals surface area contributed by atoms with Crippen LogP contribution < -0.4 is 29.9 Å². The second-order valence-corrected chi connectivity index (χ2v) is 11.5. The van der Waals surface area contributed by atoms with E-state index in [0.29, 0.717) is 39.9 Å². The minimum atomic E-state index is -1.44. The van der Waals surface area contributed by atoms with Crippen molar-refractivity contribution < 1.29 is 48.0 Å². The van der Waals surface area contributed by atoms with E-state index in [9.17, 15) is 29.4 Å². The lowest BCUT2D eigenvalue weighted by atomic mass is 9.77. The van der Waals surface area contributed by atoms with Crippen LogP contribution in [0.4, 0.5) is 0 Å². The number of carbonyl (C=O) groups is 3. The van der Waals surface area contributed by atoms with E-state index in [1.807, 2.05) is 0 Å². The van der Waals surface area contributed by atoms with Gasteiger partial charge in [-0.2, -0.15) is 0 Å². The van der Waals surface area contributed by atoms with E-state index in [0.717, 1.165) is 0 Å². The van der Waals surface area contributed by atoms with Crippen LogP contribution in [0, 0.1) is 0 Å². The number of amides is 2. The zero-order valence-corrected chi connectivity index (χ0v) is 25.6. The van der Waals surface area contributed by atoms with Crippen LogP contribution in [0.25, 0.3) is 11.0 Å². The van der Waals surface area contributed by atoms with Gasteiger partial charge in [0, 0.05) is 35.2 Å². The zero-order valence-electron chi connectivity index (χ0n) is 25.6. The maximum atomic E-state index is 14.5. The lowest BCUT2D eigenvalue weighted by Crippen LogP contribution is -2.55. The van der Waals surface area contributed by atoms with Gasteiger partial charge in [0.25, 0.3) is 5.91 Å². The molecule has 3 heterocycles.